The van der Waals surface area contributed by atoms with Gasteiger partial charge in [-0.2, -0.15) is 0 Å². The zero-order valence-corrected chi connectivity index (χ0v) is 14.7. The average Bonchev–Trinajstić information content (AvgIpc) is 2.69. The topological polar surface area (TPSA) is 73.2 Å². The maximum atomic E-state index is 13.0. The molecule has 1 N–H and O–H groups in total. The van der Waals surface area contributed by atoms with Crippen molar-refractivity contribution in [3.05, 3.63) is 82.7 Å². The van der Waals surface area contributed by atoms with Crippen molar-refractivity contribution in [2.24, 2.45) is 0 Å². The van der Waals surface area contributed by atoms with Crippen molar-refractivity contribution in [1.82, 2.24) is 14.9 Å². The third-order valence-corrected chi connectivity index (χ3v) is 4.00. The summed E-state index contributed by atoms with van der Waals surface area (Å²) in [7, 11) is 1.56. The fraction of sp³-hybridized carbons (Fsp3) is 0.150. The Balaban J connectivity index is 1.66. The summed E-state index contributed by atoms with van der Waals surface area (Å²) in [6.45, 7) is 0.142. The SMILES string of the molecule is COc1ccccc1CNC(=O)Cn1cnc(-c2ccc(F)cc2)cc1=O. The van der Waals surface area contributed by atoms with Crippen LogP contribution in [-0.2, 0) is 17.9 Å². The summed E-state index contributed by atoms with van der Waals surface area (Å²) in [6, 6.07) is 14.4. The lowest BCUT2D eigenvalue weighted by atomic mass is 10.1. The molecular formula is C20H18FN3O3. The molecule has 0 saturated heterocycles. The Labute approximate surface area is 155 Å². The van der Waals surface area contributed by atoms with Gasteiger partial charge in [0.15, 0.2) is 0 Å². The van der Waals surface area contributed by atoms with Crippen molar-refractivity contribution in [3.63, 3.8) is 0 Å². The number of nitrogens with zero attached hydrogens (tertiary/aromatic N) is 2. The minimum Gasteiger partial charge on any atom is -0.496 e. The molecule has 3 rings (SSSR count). The fourth-order valence-corrected chi connectivity index (χ4v) is 2.58. The van der Waals surface area contributed by atoms with Crippen LogP contribution in [0, 0.1) is 5.82 Å². The minimum absolute atomic E-state index is 0.148. The highest BCUT2D eigenvalue weighted by atomic mass is 19.1. The van der Waals surface area contributed by atoms with Gasteiger partial charge in [-0.15, -0.1) is 0 Å². The normalized spacial score (nSPS) is 10.4. The molecule has 0 saturated carbocycles. The first-order valence-electron chi connectivity index (χ1n) is 8.28. The third-order valence-electron chi connectivity index (χ3n) is 4.00. The number of benzene rings is 2. The minimum atomic E-state index is -0.364. The number of carbonyl (C=O) groups excluding carboxylic acids is 1. The van der Waals surface area contributed by atoms with E-state index in [0.29, 0.717) is 23.6 Å². The Morgan fingerprint density at radius 3 is 2.63 bits per heavy atom. The molecule has 1 amide bonds. The molecule has 0 spiro atoms. The Morgan fingerprint density at radius 2 is 1.93 bits per heavy atom. The lowest BCUT2D eigenvalue weighted by Gasteiger charge is -2.10. The van der Waals surface area contributed by atoms with E-state index in [1.807, 2.05) is 24.3 Å². The second-order valence-corrected chi connectivity index (χ2v) is 5.84. The van der Waals surface area contributed by atoms with E-state index in [1.165, 1.54) is 29.1 Å². The zero-order chi connectivity index (χ0) is 19.2. The Morgan fingerprint density at radius 1 is 1.19 bits per heavy atom. The van der Waals surface area contributed by atoms with Crippen LogP contribution in [0.25, 0.3) is 11.3 Å². The highest BCUT2D eigenvalue weighted by Crippen LogP contribution is 2.17. The molecule has 6 nitrogen and oxygen atoms in total. The number of methoxy groups -OCH3 is 1. The number of carbonyl (C=O) groups is 1. The highest BCUT2D eigenvalue weighted by Gasteiger charge is 2.09. The zero-order valence-electron chi connectivity index (χ0n) is 14.7. The van der Waals surface area contributed by atoms with Gasteiger partial charge in [-0.25, -0.2) is 9.37 Å². The molecule has 0 fully saturated rings. The lowest BCUT2D eigenvalue weighted by Crippen LogP contribution is -2.32. The van der Waals surface area contributed by atoms with Crippen LogP contribution in [0.1, 0.15) is 5.56 Å². The van der Waals surface area contributed by atoms with Gasteiger partial charge in [-0.1, -0.05) is 18.2 Å². The van der Waals surface area contributed by atoms with Gasteiger partial charge in [-0.3, -0.25) is 14.2 Å². The molecule has 2 aromatic carbocycles. The number of ether oxygens (including phenoxy) is 1. The predicted molar refractivity (Wildman–Crippen MR) is 98.7 cm³/mol. The van der Waals surface area contributed by atoms with E-state index in [4.69, 9.17) is 4.74 Å². The maximum Gasteiger partial charge on any atom is 0.254 e. The largest absolute Gasteiger partial charge is 0.496 e. The smallest absolute Gasteiger partial charge is 0.254 e. The number of aromatic nitrogens is 2. The number of hydrogen-bond donors (Lipinski definition) is 1. The van der Waals surface area contributed by atoms with Crippen LogP contribution in [-0.4, -0.2) is 22.6 Å². The number of nitrogens with one attached hydrogen (secondary N) is 1. The molecule has 0 unspecified atom stereocenters. The molecule has 0 aliphatic heterocycles. The molecular weight excluding hydrogens is 349 g/mol. The lowest BCUT2D eigenvalue weighted by molar-refractivity contribution is -0.121. The van der Waals surface area contributed by atoms with Gasteiger partial charge in [0.05, 0.1) is 19.1 Å². The van der Waals surface area contributed by atoms with Gasteiger partial charge in [0.1, 0.15) is 18.1 Å². The number of hydrogen-bond acceptors (Lipinski definition) is 4. The number of amides is 1. The molecule has 138 valence electrons. The molecule has 0 atom stereocenters. The average molecular weight is 367 g/mol. The summed E-state index contributed by atoms with van der Waals surface area (Å²) in [5.41, 5.74) is 1.52. The van der Waals surface area contributed by atoms with Gasteiger partial charge in [-0.05, 0) is 30.3 Å². The summed E-state index contributed by atoms with van der Waals surface area (Å²) in [5, 5.41) is 2.75. The van der Waals surface area contributed by atoms with Crippen molar-refractivity contribution in [2.75, 3.05) is 7.11 Å². The van der Waals surface area contributed by atoms with E-state index in [9.17, 15) is 14.0 Å². The van der Waals surface area contributed by atoms with E-state index in [-0.39, 0.29) is 23.8 Å². The van der Waals surface area contributed by atoms with E-state index in [2.05, 4.69) is 10.3 Å². The molecule has 27 heavy (non-hydrogen) atoms. The summed E-state index contributed by atoms with van der Waals surface area (Å²) in [5.74, 6) is -0.00145. The van der Waals surface area contributed by atoms with Crippen LogP contribution in [0.15, 0.2) is 65.7 Å². The molecule has 0 aliphatic rings. The molecule has 0 bridgehead atoms. The van der Waals surface area contributed by atoms with Crippen molar-refractivity contribution >= 4 is 5.91 Å². The second kappa shape index (κ2) is 8.27. The van der Waals surface area contributed by atoms with Gasteiger partial charge >= 0.3 is 0 Å². The summed E-state index contributed by atoms with van der Waals surface area (Å²) >= 11 is 0. The first-order chi connectivity index (χ1) is 13.1. The van der Waals surface area contributed by atoms with Crippen molar-refractivity contribution < 1.29 is 13.9 Å². The van der Waals surface area contributed by atoms with Crippen LogP contribution in [0.3, 0.4) is 0 Å². The molecule has 1 aromatic heterocycles. The second-order valence-electron chi connectivity index (χ2n) is 5.84. The number of para-hydroxylation sites is 1. The maximum absolute atomic E-state index is 13.0. The summed E-state index contributed by atoms with van der Waals surface area (Å²) in [6.07, 6.45) is 1.31. The van der Waals surface area contributed by atoms with E-state index < -0.39 is 0 Å². The van der Waals surface area contributed by atoms with E-state index in [0.717, 1.165) is 5.56 Å². The first kappa shape index (κ1) is 18.3. The van der Waals surface area contributed by atoms with Crippen LogP contribution >= 0.6 is 0 Å². The molecule has 0 radical (unpaired) electrons. The van der Waals surface area contributed by atoms with Crippen LogP contribution in [0.4, 0.5) is 4.39 Å². The number of halogens is 1. The van der Waals surface area contributed by atoms with Crippen molar-refractivity contribution in [2.45, 2.75) is 13.1 Å². The van der Waals surface area contributed by atoms with Crippen molar-refractivity contribution in [3.8, 4) is 17.0 Å². The van der Waals surface area contributed by atoms with Gasteiger partial charge < -0.3 is 10.1 Å². The third kappa shape index (κ3) is 4.58. The van der Waals surface area contributed by atoms with Gasteiger partial charge in [0.2, 0.25) is 5.91 Å². The Bertz CT molecular complexity index is 1000. The Hall–Kier alpha value is -3.48. The van der Waals surface area contributed by atoms with Gasteiger partial charge in [0, 0.05) is 23.7 Å². The molecule has 7 heteroatoms. The van der Waals surface area contributed by atoms with Crippen LogP contribution in [0.2, 0.25) is 0 Å². The van der Waals surface area contributed by atoms with Crippen LogP contribution < -0.4 is 15.6 Å². The Kier molecular flexibility index (Phi) is 5.61. The summed E-state index contributed by atoms with van der Waals surface area (Å²) < 4.78 is 19.4. The molecule has 1 heterocycles. The highest BCUT2D eigenvalue weighted by molar-refractivity contribution is 5.75. The quantitative estimate of drug-likeness (QED) is 0.726. The van der Waals surface area contributed by atoms with E-state index >= 15 is 0 Å². The summed E-state index contributed by atoms with van der Waals surface area (Å²) in [4.78, 5) is 28.6. The van der Waals surface area contributed by atoms with Gasteiger partial charge in [0.25, 0.3) is 5.56 Å². The van der Waals surface area contributed by atoms with Crippen LogP contribution in [0.5, 0.6) is 5.75 Å². The standard InChI is InChI=1S/C20H18FN3O3/c1-27-18-5-3-2-4-15(18)11-22-19(25)12-24-13-23-17(10-20(24)26)14-6-8-16(21)9-7-14/h2-10,13H,11-12H2,1H3,(H,22,25). The first-order valence-corrected chi connectivity index (χ1v) is 8.28. The fourth-order valence-electron chi connectivity index (χ4n) is 2.58. The molecule has 3 aromatic rings. The predicted octanol–water partition coefficient (Wildman–Crippen LogP) is 2.37. The van der Waals surface area contributed by atoms with Crippen molar-refractivity contribution in [1.29, 1.82) is 0 Å². The number of rotatable bonds is 6. The molecule has 0 aliphatic carbocycles. The van der Waals surface area contributed by atoms with E-state index in [1.54, 1.807) is 19.2 Å². The monoisotopic (exact) mass is 367 g/mol.